The molecule has 0 atom stereocenters. The van der Waals surface area contributed by atoms with E-state index in [9.17, 15) is 5.02 Å². The Bertz CT molecular complexity index is 361. The molecular weight excluding hydrogens is 199 g/mol. The van der Waals surface area contributed by atoms with Crippen molar-refractivity contribution in [3.8, 4) is 0 Å². The second-order valence-corrected chi connectivity index (χ2v) is 4.26. The van der Waals surface area contributed by atoms with Crippen LogP contribution in [-0.2, 0) is 16.7 Å². The van der Waals surface area contributed by atoms with Crippen LogP contribution in [-0.4, -0.2) is 12.1 Å². The van der Waals surface area contributed by atoms with Gasteiger partial charge < -0.3 is 9.68 Å². The highest BCUT2D eigenvalue weighted by molar-refractivity contribution is 6.61. The number of benzene rings is 1. The zero-order chi connectivity index (χ0) is 12.3. The summed E-state index contributed by atoms with van der Waals surface area (Å²) in [5.41, 5.74) is 2.95. The van der Waals surface area contributed by atoms with E-state index in [4.69, 9.17) is 4.65 Å². The van der Waals surface area contributed by atoms with Gasteiger partial charge in [0.25, 0.3) is 0 Å². The summed E-state index contributed by atoms with van der Waals surface area (Å²) in [6.07, 6.45) is 1.01. The minimum absolute atomic E-state index is 0.361. The van der Waals surface area contributed by atoms with E-state index in [-0.39, 0.29) is 5.60 Å². The Hall–Kier alpha value is -0.795. The molecular formula is C13H21BO2. The Morgan fingerprint density at radius 3 is 2.50 bits per heavy atom. The van der Waals surface area contributed by atoms with Gasteiger partial charge in [-0.2, -0.15) is 0 Å². The first-order valence-electron chi connectivity index (χ1n) is 6.04. The molecule has 1 aromatic carbocycles. The molecule has 1 aliphatic rings. The summed E-state index contributed by atoms with van der Waals surface area (Å²) in [4.78, 5) is 0. The molecule has 16 heavy (non-hydrogen) atoms. The maximum atomic E-state index is 9.66. The fourth-order valence-electron chi connectivity index (χ4n) is 1.97. The highest BCUT2D eigenvalue weighted by Crippen LogP contribution is 2.30. The van der Waals surface area contributed by atoms with Crippen LogP contribution < -0.4 is 5.46 Å². The molecule has 1 N–H and O–H groups in total. The molecule has 0 fully saturated rings. The molecule has 2 nitrogen and oxygen atoms in total. The standard InChI is InChI=1S/C11H15BO2.C2H6/c1-4-8-5-6-10-9(7-8)11(2,3)14-12(10)13;1-2/h5-7,13H,4H2,1-3H3;1-2H3. The molecule has 88 valence electrons. The molecule has 0 bridgehead atoms. The van der Waals surface area contributed by atoms with Crippen molar-refractivity contribution in [2.75, 3.05) is 0 Å². The second-order valence-electron chi connectivity index (χ2n) is 4.26. The monoisotopic (exact) mass is 220 g/mol. The quantitative estimate of drug-likeness (QED) is 0.735. The first kappa shape index (κ1) is 13.3. The molecule has 2 rings (SSSR count). The van der Waals surface area contributed by atoms with Crippen LogP contribution in [0.4, 0.5) is 0 Å². The van der Waals surface area contributed by atoms with Crippen molar-refractivity contribution in [3.63, 3.8) is 0 Å². The SMILES string of the molecule is CC.CCc1ccc2c(c1)C(C)(C)OB2O. The van der Waals surface area contributed by atoms with Gasteiger partial charge in [-0.05, 0) is 36.9 Å². The molecule has 3 heteroatoms. The van der Waals surface area contributed by atoms with Crippen LogP contribution in [0.15, 0.2) is 18.2 Å². The number of rotatable bonds is 1. The van der Waals surface area contributed by atoms with Crippen molar-refractivity contribution >= 4 is 12.6 Å². The lowest BCUT2D eigenvalue weighted by atomic mass is 9.77. The van der Waals surface area contributed by atoms with Crippen molar-refractivity contribution in [2.45, 2.75) is 46.6 Å². The van der Waals surface area contributed by atoms with Crippen molar-refractivity contribution in [3.05, 3.63) is 29.3 Å². The summed E-state index contributed by atoms with van der Waals surface area (Å²) >= 11 is 0. The maximum absolute atomic E-state index is 9.66. The molecule has 0 spiro atoms. The van der Waals surface area contributed by atoms with Crippen molar-refractivity contribution in [1.29, 1.82) is 0 Å². The van der Waals surface area contributed by atoms with Gasteiger partial charge in [-0.1, -0.05) is 39.0 Å². The van der Waals surface area contributed by atoms with Crippen LogP contribution in [0.3, 0.4) is 0 Å². The lowest BCUT2D eigenvalue weighted by Gasteiger charge is -2.20. The lowest BCUT2D eigenvalue weighted by Crippen LogP contribution is -2.28. The third kappa shape index (κ3) is 2.31. The predicted octanol–water partition coefficient (Wildman–Crippen LogP) is 2.23. The van der Waals surface area contributed by atoms with E-state index in [2.05, 4.69) is 13.0 Å². The molecule has 0 saturated carbocycles. The van der Waals surface area contributed by atoms with Gasteiger partial charge in [0.05, 0.1) is 5.60 Å². The van der Waals surface area contributed by atoms with E-state index in [0.29, 0.717) is 0 Å². The zero-order valence-electron chi connectivity index (χ0n) is 10.9. The van der Waals surface area contributed by atoms with E-state index < -0.39 is 7.12 Å². The topological polar surface area (TPSA) is 29.5 Å². The normalized spacial score (nSPS) is 16.5. The van der Waals surface area contributed by atoms with Crippen LogP contribution in [0.25, 0.3) is 0 Å². The largest absolute Gasteiger partial charge is 0.492 e. The molecule has 0 unspecified atom stereocenters. The summed E-state index contributed by atoms with van der Waals surface area (Å²) < 4.78 is 5.47. The Labute approximate surface area is 98.8 Å². The Morgan fingerprint density at radius 1 is 1.31 bits per heavy atom. The smallest absolute Gasteiger partial charge is 0.423 e. The third-order valence-corrected chi connectivity index (χ3v) is 2.85. The molecule has 1 aromatic rings. The highest BCUT2D eigenvalue weighted by Gasteiger charge is 2.40. The average Bonchev–Trinajstić information content (AvgIpc) is 2.52. The highest BCUT2D eigenvalue weighted by atomic mass is 16.5. The molecule has 1 heterocycles. The summed E-state index contributed by atoms with van der Waals surface area (Å²) in [6.45, 7) is 10.1. The van der Waals surface area contributed by atoms with E-state index in [1.165, 1.54) is 5.56 Å². The second kappa shape index (κ2) is 5.02. The summed E-state index contributed by atoms with van der Waals surface area (Å²) in [5, 5.41) is 9.66. The molecule has 0 saturated heterocycles. The van der Waals surface area contributed by atoms with Gasteiger partial charge >= 0.3 is 7.12 Å². The lowest BCUT2D eigenvalue weighted by molar-refractivity contribution is 0.101. The summed E-state index contributed by atoms with van der Waals surface area (Å²) in [7, 11) is -0.758. The fourth-order valence-corrected chi connectivity index (χ4v) is 1.97. The number of aryl methyl sites for hydroxylation is 1. The van der Waals surface area contributed by atoms with Gasteiger partial charge in [0, 0.05) is 0 Å². The van der Waals surface area contributed by atoms with Gasteiger partial charge in [-0.15, -0.1) is 0 Å². The zero-order valence-corrected chi connectivity index (χ0v) is 10.9. The minimum atomic E-state index is -0.758. The van der Waals surface area contributed by atoms with Gasteiger partial charge in [0.2, 0.25) is 0 Å². The Morgan fingerprint density at radius 2 is 1.94 bits per heavy atom. The molecule has 0 aromatic heterocycles. The van der Waals surface area contributed by atoms with Crippen LogP contribution in [0, 0.1) is 0 Å². The fraction of sp³-hybridized carbons (Fsp3) is 0.538. The van der Waals surface area contributed by atoms with E-state index in [1.807, 2.05) is 39.8 Å². The van der Waals surface area contributed by atoms with Gasteiger partial charge in [0.1, 0.15) is 0 Å². The van der Waals surface area contributed by atoms with Gasteiger partial charge in [-0.3, -0.25) is 0 Å². The predicted molar refractivity (Wildman–Crippen MR) is 68.9 cm³/mol. The van der Waals surface area contributed by atoms with Crippen LogP contribution in [0.5, 0.6) is 0 Å². The van der Waals surface area contributed by atoms with Gasteiger partial charge in [0.15, 0.2) is 0 Å². The van der Waals surface area contributed by atoms with Crippen LogP contribution in [0.1, 0.15) is 45.7 Å². The number of hydrogen-bond donors (Lipinski definition) is 1. The van der Waals surface area contributed by atoms with Crippen molar-refractivity contribution in [1.82, 2.24) is 0 Å². The number of fused-ring (bicyclic) bond motifs is 1. The summed E-state index contributed by atoms with van der Waals surface area (Å²) in [6, 6.07) is 6.14. The van der Waals surface area contributed by atoms with Crippen LogP contribution >= 0.6 is 0 Å². The van der Waals surface area contributed by atoms with Crippen molar-refractivity contribution in [2.24, 2.45) is 0 Å². The van der Waals surface area contributed by atoms with E-state index in [0.717, 1.165) is 17.4 Å². The Balaban J connectivity index is 0.000000606. The summed E-state index contributed by atoms with van der Waals surface area (Å²) in [5.74, 6) is 0. The van der Waals surface area contributed by atoms with Crippen molar-refractivity contribution < 1.29 is 9.68 Å². The first-order chi connectivity index (χ1) is 7.54. The molecule has 0 radical (unpaired) electrons. The average molecular weight is 220 g/mol. The maximum Gasteiger partial charge on any atom is 0.492 e. The van der Waals surface area contributed by atoms with Gasteiger partial charge in [-0.25, -0.2) is 0 Å². The van der Waals surface area contributed by atoms with E-state index >= 15 is 0 Å². The molecule has 0 aliphatic carbocycles. The third-order valence-electron chi connectivity index (χ3n) is 2.85. The first-order valence-corrected chi connectivity index (χ1v) is 6.04. The Kier molecular flexibility index (Phi) is 4.17. The number of hydrogen-bond acceptors (Lipinski definition) is 2. The minimum Gasteiger partial charge on any atom is -0.423 e. The van der Waals surface area contributed by atoms with E-state index in [1.54, 1.807) is 0 Å². The van der Waals surface area contributed by atoms with Crippen LogP contribution in [0.2, 0.25) is 0 Å². The molecule has 0 amide bonds. The molecule has 1 aliphatic heterocycles.